The summed E-state index contributed by atoms with van der Waals surface area (Å²) in [5.41, 5.74) is 4.92. The number of hydrogen-bond acceptors (Lipinski definition) is 3. The zero-order chi connectivity index (χ0) is 21.6. The van der Waals surface area contributed by atoms with Crippen molar-refractivity contribution >= 4 is 12.0 Å². The van der Waals surface area contributed by atoms with Crippen molar-refractivity contribution in [3.63, 3.8) is 0 Å². The van der Waals surface area contributed by atoms with Gasteiger partial charge in [-0.3, -0.25) is 14.4 Å². The van der Waals surface area contributed by atoms with Crippen LogP contribution in [0.25, 0.3) is 6.08 Å². The van der Waals surface area contributed by atoms with Crippen molar-refractivity contribution in [3.8, 4) is 0 Å². The maximum atomic E-state index is 13.3. The lowest BCUT2D eigenvalue weighted by Crippen LogP contribution is -2.48. The topological polar surface area (TPSA) is 41.4 Å². The summed E-state index contributed by atoms with van der Waals surface area (Å²) >= 11 is 0. The lowest BCUT2D eigenvalue weighted by molar-refractivity contribution is 0.0648. The molecule has 4 rings (SSSR count). The van der Waals surface area contributed by atoms with Gasteiger partial charge in [0.25, 0.3) is 5.91 Å². The van der Waals surface area contributed by atoms with Crippen LogP contribution in [0.2, 0.25) is 0 Å². The summed E-state index contributed by atoms with van der Waals surface area (Å²) in [6.45, 7) is 8.81. The standard InChI is InChI=1S/C26H30N4O/c1-21-25(22(2)30(27-21)20-24-12-7-4-8-13-24)26(31)29-18-16-28(17-19-29)15-9-14-23-10-5-3-6-11-23/h3-14H,15-20H2,1-2H3/b14-9+. The predicted octanol–water partition coefficient (Wildman–Crippen LogP) is 4.02. The maximum Gasteiger partial charge on any atom is 0.257 e. The summed E-state index contributed by atoms with van der Waals surface area (Å²) in [4.78, 5) is 17.6. The van der Waals surface area contributed by atoms with E-state index in [0.717, 1.165) is 49.7 Å². The highest BCUT2D eigenvalue weighted by atomic mass is 16.2. The second-order valence-electron chi connectivity index (χ2n) is 8.09. The second-order valence-corrected chi connectivity index (χ2v) is 8.09. The van der Waals surface area contributed by atoms with E-state index in [4.69, 9.17) is 0 Å². The fourth-order valence-corrected chi connectivity index (χ4v) is 4.11. The Labute approximate surface area is 184 Å². The summed E-state index contributed by atoms with van der Waals surface area (Å²) in [6.07, 6.45) is 4.36. The van der Waals surface area contributed by atoms with Crippen molar-refractivity contribution in [2.75, 3.05) is 32.7 Å². The molecule has 0 radical (unpaired) electrons. The third-order valence-corrected chi connectivity index (χ3v) is 5.90. The minimum atomic E-state index is 0.105. The van der Waals surface area contributed by atoms with Crippen LogP contribution < -0.4 is 0 Å². The summed E-state index contributed by atoms with van der Waals surface area (Å²) in [7, 11) is 0. The Morgan fingerprint density at radius 2 is 1.58 bits per heavy atom. The van der Waals surface area contributed by atoms with E-state index in [9.17, 15) is 4.79 Å². The van der Waals surface area contributed by atoms with E-state index < -0.39 is 0 Å². The minimum absolute atomic E-state index is 0.105. The number of benzene rings is 2. The fourth-order valence-electron chi connectivity index (χ4n) is 4.11. The number of nitrogens with zero attached hydrogens (tertiary/aromatic N) is 4. The van der Waals surface area contributed by atoms with Gasteiger partial charge in [-0.25, -0.2) is 0 Å². The summed E-state index contributed by atoms with van der Waals surface area (Å²) < 4.78 is 1.95. The largest absolute Gasteiger partial charge is 0.336 e. The molecule has 31 heavy (non-hydrogen) atoms. The van der Waals surface area contributed by atoms with E-state index in [1.807, 2.05) is 47.7 Å². The van der Waals surface area contributed by atoms with Gasteiger partial charge in [-0.2, -0.15) is 5.10 Å². The van der Waals surface area contributed by atoms with Gasteiger partial charge in [0.2, 0.25) is 0 Å². The first-order chi connectivity index (χ1) is 15.1. The molecule has 160 valence electrons. The SMILES string of the molecule is Cc1nn(Cc2ccccc2)c(C)c1C(=O)N1CCN(C/C=C/c2ccccc2)CC1. The van der Waals surface area contributed by atoms with Crippen molar-refractivity contribution in [3.05, 3.63) is 94.8 Å². The molecule has 2 aromatic carbocycles. The third kappa shape index (κ3) is 5.12. The molecule has 2 heterocycles. The van der Waals surface area contributed by atoms with E-state index in [1.165, 1.54) is 11.1 Å². The molecular formula is C26H30N4O. The fraction of sp³-hybridized carbons (Fsp3) is 0.308. The van der Waals surface area contributed by atoms with Crippen LogP contribution in [0.15, 0.2) is 66.7 Å². The quantitative estimate of drug-likeness (QED) is 0.612. The molecule has 1 fully saturated rings. The van der Waals surface area contributed by atoms with Gasteiger partial charge in [-0.05, 0) is 25.0 Å². The molecule has 0 spiro atoms. The molecule has 0 bridgehead atoms. The first-order valence-corrected chi connectivity index (χ1v) is 10.9. The van der Waals surface area contributed by atoms with Crippen LogP contribution in [0, 0.1) is 13.8 Å². The summed E-state index contributed by atoms with van der Waals surface area (Å²) in [5, 5.41) is 4.66. The van der Waals surface area contributed by atoms with Crippen LogP contribution in [0.4, 0.5) is 0 Å². The molecule has 5 nitrogen and oxygen atoms in total. The normalized spacial score (nSPS) is 15.0. The lowest BCUT2D eigenvalue weighted by Gasteiger charge is -2.34. The van der Waals surface area contributed by atoms with E-state index in [2.05, 4.69) is 58.5 Å². The number of carbonyl (C=O) groups excluding carboxylic acids is 1. The molecule has 1 amide bonds. The lowest BCUT2D eigenvalue weighted by atomic mass is 10.1. The molecule has 0 unspecified atom stereocenters. The first kappa shape index (κ1) is 21.1. The first-order valence-electron chi connectivity index (χ1n) is 10.9. The minimum Gasteiger partial charge on any atom is -0.336 e. The molecule has 0 saturated carbocycles. The predicted molar refractivity (Wildman–Crippen MR) is 125 cm³/mol. The highest BCUT2D eigenvalue weighted by Gasteiger charge is 2.26. The number of amides is 1. The second kappa shape index (κ2) is 9.75. The zero-order valence-electron chi connectivity index (χ0n) is 18.4. The van der Waals surface area contributed by atoms with Gasteiger partial charge in [0.05, 0.1) is 17.8 Å². The molecule has 0 aliphatic carbocycles. The van der Waals surface area contributed by atoms with E-state index in [0.29, 0.717) is 6.54 Å². The van der Waals surface area contributed by atoms with Gasteiger partial charge in [-0.15, -0.1) is 0 Å². The Bertz CT molecular complexity index is 1030. The average Bonchev–Trinajstić information content (AvgIpc) is 3.08. The number of piperazine rings is 1. The number of aryl methyl sites for hydroxylation is 1. The zero-order valence-corrected chi connectivity index (χ0v) is 18.4. The highest BCUT2D eigenvalue weighted by Crippen LogP contribution is 2.18. The Kier molecular flexibility index (Phi) is 6.63. The molecular weight excluding hydrogens is 384 g/mol. The van der Waals surface area contributed by atoms with Gasteiger partial charge in [0.15, 0.2) is 0 Å². The van der Waals surface area contributed by atoms with Crippen LogP contribution in [0.3, 0.4) is 0 Å². The van der Waals surface area contributed by atoms with Crippen molar-refractivity contribution < 1.29 is 4.79 Å². The molecule has 1 saturated heterocycles. The van der Waals surface area contributed by atoms with Crippen LogP contribution in [0.5, 0.6) is 0 Å². The third-order valence-electron chi connectivity index (χ3n) is 5.90. The Morgan fingerprint density at radius 1 is 0.935 bits per heavy atom. The van der Waals surface area contributed by atoms with E-state index in [-0.39, 0.29) is 5.91 Å². The molecule has 5 heteroatoms. The van der Waals surface area contributed by atoms with Crippen molar-refractivity contribution in [2.45, 2.75) is 20.4 Å². The van der Waals surface area contributed by atoms with Gasteiger partial charge in [-0.1, -0.05) is 72.8 Å². The van der Waals surface area contributed by atoms with Crippen molar-refractivity contribution in [2.24, 2.45) is 0 Å². The molecule has 1 aromatic heterocycles. The number of aromatic nitrogens is 2. The smallest absolute Gasteiger partial charge is 0.257 e. The van der Waals surface area contributed by atoms with Gasteiger partial charge in [0.1, 0.15) is 0 Å². The Balaban J connectivity index is 1.35. The summed E-state index contributed by atoms with van der Waals surface area (Å²) in [5.74, 6) is 0.105. The van der Waals surface area contributed by atoms with Gasteiger partial charge < -0.3 is 4.90 Å². The van der Waals surface area contributed by atoms with Crippen LogP contribution >= 0.6 is 0 Å². The Morgan fingerprint density at radius 3 is 2.26 bits per heavy atom. The molecule has 0 N–H and O–H groups in total. The van der Waals surface area contributed by atoms with Crippen molar-refractivity contribution in [1.29, 1.82) is 0 Å². The van der Waals surface area contributed by atoms with Crippen LogP contribution in [0.1, 0.15) is 32.9 Å². The van der Waals surface area contributed by atoms with Gasteiger partial charge in [0, 0.05) is 38.4 Å². The molecule has 1 aliphatic heterocycles. The van der Waals surface area contributed by atoms with E-state index >= 15 is 0 Å². The van der Waals surface area contributed by atoms with Gasteiger partial charge >= 0.3 is 0 Å². The highest BCUT2D eigenvalue weighted by molar-refractivity contribution is 5.96. The number of rotatable bonds is 6. The van der Waals surface area contributed by atoms with Crippen LogP contribution in [-0.2, 0) is 6.54 Å². The number of hydrogen-bond donors (Lipinski definition) is 0. The maximum absolute atomic E-state index is 13.3. The average molecular weight is 415 g/mol. The van der Waals surface area contributed by atoms with Crippen LogP contribution in [-0.4, -0.2) is 58.2 Å². The van der Waals surface area contributed by atoms with E-state index in [1.54, 1.807) is 0 Å². The monoisotopic (exact) mass is 414 g/mol. The molecule has 3 aromatic rings. The number of carbonyl (C=O) groups is 1. The molecule has 0 atom stereocenters. The summed E-state index contributed by atoms with van der Waals surface area (Å²) in [6, 6.07) is 20.6. The van der Waals surface area contributed by atoms with Crippen molar-refractivity contribution in [1.82, 2.24) is 19.6 Å². The molecule has 1 aliphatic rings. The Hall–Kier alpha value is -3.18.